The summed E-state index contributed by atoms with van der Waals surface area (Å²) < 4.78 is 111. The standard InChI is InChI=1S/C16H4BF8N4/c18-7-11(8(19)14(23)26-13(7)22)28-5-3-1-2-4-6(5)29(17-28)12-9(20)15(24)27-16(25)10(12)21/h1-4H. The number of rotatable bonds is 2. The van der Waals surface area contributed by atoms with Gasteiger partial charge in [0.2, 0.25) is 23.3 Å². The maximum atomic E-state index is 14.2. The first-order chi connectivity index (χ1) is 13.7. The van der Waals surface area contributed by atoms with Crippen LogP contribution in [0.3, 0.4) is 0 Å². The summed E-state index contributed by atoms with van der Waals surface area (Å²) in [7, 11) is 0.603. The molecule has 1 aliphatic rings. The highest BCUT2D eigenvalue weighted by Gasteiger charge is 2.39. The first-order valence-corrected chi connectivity index (χ1v) is 7.64. The minimum absolute atomic E-state index is 0.202. The molecule has 0 bridgehead atoms. The minimum atomic E-state index is -1.97. The van der Waals surface area contributed by atoms with E-state index in [9.17, 15) is 35.1 Å². The molecular formula is C16H4BF8N4. The van der Waals surface area contributed by atoms with Gasteiger partial charge in [0, 0.05) is 0 Å². The molecule has 0 unspecified atom stereocenters. The fourth-order valence-electron chi connectivity index (χ4n) is 2.84. The first-order valence-electron chi connectivity index (χ1n) is 7.64. The second-order valence-electron chi connectivity index (χ2n) is 5.68. The Morgan fingerprint density at radius 3 is 1.17 bits per heavy atom. The Kier molecular flexibility index (Phi) is 4.32. The van der Waals surface area contributed by atoms with E-state index in [1.54, 1.807) is 0 Å². The lowest BCUT2D eigenvalue weighted by Gasteiger charge is -2.21. The molecule has 3 heterocycles. The number of benzene rings is 1. The molecule has 0 fully saturated rings. The summed E-state index contributed by atoms with van der Waals surface area (Å²) in [5.41, 5.74) is -2.99. The van der Waals surface area contributed by atoms with Crippen molar-refractivity contribution >= 4 is 30.3 Å². The van der Waals surface area contributed by atoms with Crippen molar-refractivity contribution in [3.63, 3.8) is 0 Å². The van der Waals surface area contributed by atoms with Gasteiger partial charge in [0.05, 0.1) is 11.4 Å². The molecule has 0 amide bonds. The number of hydrogen-bond donors (Lipinski definition) is 0. The monoisotopic (exact) mass is 415 g/mol. The molecule has 1 radical (unpaired) electrons. The molecule has 4 rings (SSSR count). The first kappa shape index (κ1) is 19.0. The Bertz CT molecular complexity index is 1020. The van der Waals surface area contributed by atoms with Gasteiger partial charge in [-0.1, -0.05) is 12.1 Å². The van der Waals surface area contributed by atoms with Crippen molar-refractivity contribution in [1.82, 2.24) is 9.97 Å². The average Bonchev–Trinajstić information content (AvgIpc) is 3.05. The molecule has 147 valence electrons. The lowest BCUT2D eigenvalue weighted by Crippen LogP contribution is -2.32. The topological polar surface area (TPSA) is 32.3 Å². The maximum Gasteiger partial charge on any atom is 0.401 e. The molecule has 0 saturated carbocycles. The summed E-state index contributed by atoms with van der Waals surface area (Å²) in [5, 5.41) is 0. The third kappa shape index (κ3) is 2.76. The Morgan fingerprint density at radius 2 is 0.862 bits per heavy atom. The molecule has 29 heavy (non-hydrogen) atoms. The van der Waals surface area contributed by atoms with Crippen molar-refractivity contribution < 1.29 is 35.1 Å². The van der Waals surface area contributed by atoms with E-state index in [1.807, 2.05) is 0 Å². The SMILES string of the molecule is Fc1nc(F)c(F)c(N2[B]N(c3c(F)c(F)nc(F)c3F)c3ccccc32)c1F. The van der Waals surface area contributed by atoms with Crippen LogP contribution in [-0.2, 0) is 0 Å². The maximum absolute atomic E-state index is 14.2. The van der Waals surface area contributed by atoms with E-state index in [0.29, 0.717) is 17.2 Å². The van der Waals surface area contributed by atoms with Crippen LogP contribution < -0.4 is 9.62 Å². The Hall–Kier alpha value is -3.38. The van der Waals surface area contributed by atoms with Crippen molar-refractivity contribution in [2.75, 3.05) is 9.62 Å². The van der Waals surface area contributed by atoms with Crippen LogP contribution >= 0.6 is 0 Å². The van der Waals surface area contributed by atoms with Gasteiger partial charge in [0.15, 0.2) is 0 Å². The van der Waals surface area contributed by atoms with E-state index in [4.69, 9.17) is 0 Å². The predicted molar refractivity (Wildman–Crippen MR) is 84.6 cm³/mol. The number of nitrogens with zero attached hydrogens (tertiary/aromatic N) is 4. The van der Waals surface area contributed by atoms with Crippen LogP contribution in [0.1, 0.15) is 0 Å². The third-order valence-electron chi connectivity index (χ3n) is 4.06. The van der Waals surface area contributed by atoms with E-state index in [2.05, 4.69) is 9.97 Å². The number of hydrogen-bond acceptors (Lipinski definition) is 4. The lowest BCUT2D eigenvalue weighted by molar-refractivity contribution is 0.409. The molecule has 0 spiro atoms. The highest BCUT2D eigenvalue weighted by Crippen LogP contribution is 2.46. The van der Waals surface area contributed by atoms with Crippen LogP contribution in [0.5, 0.6) is 0 Å². The van der Waals surface area contributed by atoms with Gasteiger partial charge in [-0.25, -0.2) is 0 Å². The number of anilines is 4. The van der Waals surface area contributed by atoms with E-state index >= 15 is 0 Å². The Balaban J connectivity index is 1.95. The molecule has 0 saturated heterocycles. The molecule has 2 aromatic heterocycles. The third-order valence-corrected chi connectivity index (χ3v) is 4.06. The zero-order chi connectivity index (χ0) is 21.0. The number of halogens is 8. The fourth-order valence-corrected chi connectivity index (χ4v) is 2.84. The van der Waals surface area contributed by atoms with Gasteiger partial charge in [-0.2, -0.15) is 45.1 Å². The Morgan fingerprint density at radius 1 is 0.552 bits per heavy atom. The number of pyridine rings is 2. The second kappa shape index (κ2) is 6.60. The van der Waals surface area contributed by atoms with Crippen LogP contribution in [0.4, 0.5) is 57.9 Å². The van der Waals surface area contributed by atoms with Gasteiger partial charge in [-0.3, -0.25) is 0 Å². The normalized spacial score (nSPS) is 13.0. The lowest BCUT2D eigenvalue weighted by atomic mass is 10.0. The minimum Gasteiger partial charge on any atom is -0.362 e. The second-order valence-corrected chi connectivity index (χ2v) is 5.68. The molecule has 4 nitrogen and oxygen atoms in total. The Labute approximate surface area is 157 Å². The van der Waals surface area contributed by atoms with E-state index in [-0.39, 0.29) is 11.4 Å². The molecule has 1 aromatic carbocycles. The van der Waals surface area contributed by atoms with Crippen LogP contribution in [0.25, 0.3) is 0 Å². The van der Waals surface area contributed by atoms with Crippen molar-refractivity contribution in [2.45, 2.75) is 0 Å². The van der Waals surface area contributed by atoms with Crippen molar-refractivity contribution in [2.24, 2.45) is 0 Å². The van der Waals surface area contributed by atoms with E-state index in [1.165, 1.54) is 24.3 Å². The zero-order valence-corrected chi connectivity index (χ0v) is 13.7. The van der Waals surface area contributed by atoms with Gasteiger partial charge in [-0.15, -0.1) is 0 Å². The predicted octanol–water partition coefficient (Wildman–Crippen LogP) is 4.41. The highest BCUT2D eigenvalue weighted by atomic mass is 19.2. The van der Waals surface area contributed by atoms with Crippen molar-refractivity contribution in [3.8, 4) is 0 Å². The van der Waals surface area contributed by atoms with Crippen LogP contribution in [0, 0.1) is 47.1 Å². The highest BCUT2D eigenvalue weighted by molar-refractivity contribution is 6.55. The summed E-state index contributed by atoms with van der Waals surface area (Å²) in [6.07, 6.45) is 0. The smallest absolute Gasteiger partial charge is 0.362 e. The quantitative estimate of drug-likeness (QED) is 0.353. The average molecular weight is 415 g/mol. The molecular weight excluding hydrogens is 411 g/mol. The van der Waals surface area contributed by atoms with E-state index < -0.39 is 58.4 Å². The van der Waals surface area contributed by atoms with Crippen LogP contribution in [0.15, 0.2) is 24.3 Å². The fraction of sp³-hybridized carbons (Fsp3) is 0. The van der Waals surface area contributed by atoms with Gasteiger partial charge in [0.25, 0.3) is 23.8 Å². The van der Waals surface area contributed by atoms with Crippen LogP contribution in [-0.4, -0.2) is 17.5 Å². The number of fused-ring (bicyclic) bond motifs is 1. The summed E-state index contributed by atoms with van der Waals surface area (Å²) in [6.45, 7) is 0. The molecule has 0 aliphatic carbocycles. The number of para-hydroxylation sites is 2. The van der Waals surface area contributed by atoms with Gasteiger partial charge >= 0.3 is 7.55 Å². The van der Waals surface area contributed by atoms with Crippen molar-refractivity contribution in [3.05, 3.63) is 71.3 Å². The summed E-state index contributed by atoms with van der Waals surface area (Å²) in [5.74, 6) is -15.5. The van der Waals surface area contributed by atoms with E-state index in [0.717, 1.165) is 0 Å². The van der Waals surface area contributed by atoms with Gasteiger partial charge in [-0.05, 0) is 12.1 Å². The number of aromatic nitrogens is 2. The van der Waals surface area contributed by atoms with Crippen LogP contribution in [0.2, 0.25) is 0 Å². The van der Waals surface area contributed by atoms with Gasteiger partial charge < -0.3 is 9.62 Å². The molecule has 3 aromatic rings. The molecule has 0 N–H and O–H groups in total. The zero-order valence-electron chi connectivity index (χ0n) is 13.7. The van der Waals surface area contributed by atoms with Gasteiger partial charge in [0.1, 0.15) is 11.4 Å². The molecule has 1 aliphatic heterocycles. The van der Waals surface area contributed by atoms with Crippen molar-refractivity contribution in [1.29, 1.82) is 0 Å². The largest absolute Gasteiger partial charge is 0.401 e. The molecule has 0 atom stereocenters. The summed E-state index contributed by atoms with van der Waals surface area (Å²) in [6, 6.07) is 5.05. The summed E-state index contributed by atoms with van der Waals surface area (Å²) >= 11 is 0. The molecule has 13 heteroatoms. The summed E-state index contributed by atoms with van der Waals surface area (Å²) in [4.78, 5) is 5.88.